The molecule has 2 nitrogen and oxygen atoms in total. The van der Waals surface area contributed by atoms with Gasteiger partial charge in [-0.3, -0.25) is 0 Å². The Morgan fingerprint density at radius 2 is 1.83 bits per heavy atom. The van der Waals surface area contributed by atoms with E-state index in [9.17, 15) is 13.9 Å². The van der Waals surface area contributed by atoms with Crippen molar-refractivity contribution < 1.29 is 13.9 Å². The topological polar surface area (TPSA) is 32.3 Å². The van der Waals surface area contributed by atoms with Gasteiger partial charge in [-0.25, -0.2) is 8.78 Å². The Hall–Kier alpha value is -2.10. The van der Waals surface area contributed by atoms with Crippen molar-refractivity contribution in [3.8, 4) is 5.75 Å². The average molecular weight is 249 g/mol. The fourth-order valence-electron chi connectivity index (χ4n) is 1.71. The molecule has 18 heavy (non-hydrogen) atoms. The van der Waals surface area contributed by atoms with Crippen LogP contribution in [0.5, 0.6) is 5.75 Å². The maximum Gasteiger partial charge on any atom is 0.160 e. The highest BCUT2D eigenvalue weighted by molar-refractivity contribution is 5.46. The molecule has 0 bridgehead atoms. The van der Waals surface area contributed by atoms with Crippen LogP contribution in [0.15, 0.2) is 42.5 Å². The van der Waals surface area contributed by atoms with Gasteiger partial charge in [0, 0.05) is 17.8 Å². The summed E-state index contributed by atoms with van der Waals surface area (Å²) in [7, 11) is 0. The number of anilines is 1. The van der Waals surface area contributed by atoms with Gasteiger partial charge in [-0.2, -0.15) is 0 Å². The molecule has 94 valence electrons. The van der Waals surface area contributed by atoms with Crippen molar-refractivity contribution in [3.63, 3.8) is 0 Å². The van der Waals surface area contributed by atoms with Gasteiger partial charge in [0.05, 0.1) is 0 Å². The van der Waals surface area contributed by atoms with Gasteiger partial charge in [-0.05, 0) is 36.8 Å². The van der Waals surface area contributed by atoms with E-state index in [4.69, 9.17) is 0 Å². The average Bonchev–Trinajstić information content (AvgIpc) is 2.34. The van der Waals surface area contributed by atoms with Crippen LogP contribution in [-0.4, -0.2) is 5.11 Å². The van der Waals surface area contributed by atoms with Crippen molar-refractivity contribution in [2.75, 3.05) is 5.32 Å². The van der Waals surface area contributed by atoms with Crippen molar-refractivity contribution in [3.05, 3.63) is 59.7 Å². The van der Waals surface area contributed by atoms with Crippen molar-refractivity contribution in [2.45, 2.75) is 13.0 Å². The van der Waals surface area contributed by atoms with Crippen LogP contribution in [0.2, 0.25) is 0 Å². The highest BCUT2D eigenvalue weighted by Gasteiger charge is 2.08. The molecule has 2 rings (SSSR count). The lowest BCUT2D eigenvalue weighted by Gasteiger charge is -2.16. The zero-order chi connectivity index (χ0) is 13.1. The highest BCUT2D eigenvalue weighted by atomic mass is 19.2. The number of halogens is 2. The molecule has 2 aromatic carbocycles. The van der Waals surface area contributed by atoms with Crippen LogP contribution in [0.4, 0.5) is 14.5 Å². The molecule has 2 N–H and O–H groups in total. The smallest absolute Gasteiger partial charge is 0.160 e. The Labute approximate surface area is 104 Å². The molecule has 1 atom stereocenters. The number of benzene rings is 2. The molecule has 2 aromatic rings. The summed E-state index contributed by atoms with van der Waals surface area (Å²) >= 11 is 0. The highest BCUT2D eigenvalue weighted by Crippen LogP contribution is 2.23. The first kappa shape index (κ1) is 12.4. The van der Waals surface area contributed by atoms with Crippen LogP contribution in [0.25, 0.3) is 0 Å². The van der Waals surface area contributed by atoms with Gasteiger partial charge in [0.15, 0.2) is 11.6 Å². The molecular weight excluding hydrogens is 236 g/mol. The summed E-state index contributed by atoms with van der Waals surface area (Å²) in [5.74, 6) is -1.58. The third-order valence-corrected chi connectivity index (χ3v) is 2.67. The molecule has 0 spiro atoms. The second-order valence-electron chi connectivity index (χ2n) is 4.09. The minimum atomic E-state index is -0.886. The minimum Gasteiger partial charge on any atom is -0.508 e. The van der Waals surface area contributed by atoms with E-state index in [2.05, 4.69) is 5.32 Å². The Morgan fingerprint density at radius 3 is 2.50 bits per heavy atom. The molecule has 0 amide bonds. The summed E-state index contributed by atoms with van der Waals surface area (Å²) in [5.41, 5.74) is 1.35. The quantitative estimate of drug-likeness (QED) is 0.866. The Morgan fingerprint density at radius 1 is 1.06 bits per heavy atom. The molecule has 0 radical (unpaired) electrons. The maximum absolute atomic E-state index is 13.0. The van der Waals surface area contributed by atoms with Crippen molar-refractivity contribution >= 4 is 5.69 Å². The molecule has 0 saturated heterocycles. The van der Waals surface area contributed by atoms with Crippen LogP contribution in [-0.2, 0) is 0 Å². The van der Waals surface area contributed by atoms with Gasteiger partial charge in [0.25, 0.3) is 0 Å². The van der Waals surface area contributed by atoms with Crippen LogP contribution < -0.4 is 5.32 Å². The second kappa shape index (κ2) is 5.04. The van der Waals surface area contributed by atoms with Gasteiger partial charge in [0.1, 0.15) is 5.75 Å². The van der Waals surface area contributed by atoms with E-state index in [-0.39, 0.29) is 11.8 Å². The lowest BCUT2D eigenvalue weighted by molar-refractivity contribution is 0.474. The number of hydrogen-bond acceptors (Lipinski definition) is 2. The number of nitrogens with one attached hydrogen (secondary N) is 1. The maximum atomic E-state index is 13.0. The second-order valence-corrected chi connectivity index (χ2v) is 4.09. The SMILES string of the molecule is CC(Nc1ccc(F)c(F)c1)c1cccc(O)c1. The molecule has 0 heterocycles. The summed E-state index contributed by atoms with van der Waals surface area (Å²) in [6, 6.07) is 10.3. The molecule has 0 aromatic heterocycles. The predicted molar refractivity (Wildman–Crippen MR) is 66.5 cm³/mol. The van der Waals surface area contributed by atoms with Crippen LogP contribution in [0, 0.1) is 11.6 Å². The van der Waals surface area contributed by atoms with E-state index < -0.39 is 11.6 Å². The first-order chi connectivity index (χ1) is 8.56. The number of phenolic OH excluding ortho intramolecular Hbond substituents is 1. The summed E-state index contributed by atoms with van der Waals surface area (Å²) in [6.07, 6.45) is 0. The van der Waals surface area contributed by atoms with Gasteiger partial charge < -0.3 is 10.4 Å². The van der Waals surface area contributed by atoms with Crippen LogP contribution in [0.1, 0.15) is 18.5 Å². The lowest BCUT2D eigenvalue weighted by atomic mass is 10.1. The summed E-state index contributed by atoms with van der Waals surface area (Å²) in [6.45, 7) is 1.87. The zero-order valence-electron chi connectivity index (χ0n) is 9.82. The summed E-state index contributed by atoms with van der Waals surface area (Å²) in [5, 5.41) is 12.4. The predicted octanol–water partition coefficient (Wildman–Crippen LogP) is 3.84. The van der Waals surface area contributed by atoms with Crippen molar-refractivity contribution in [1.29, 1.82) is 0 Å². The number of hydrogen-bond donors (Lipinski definition) is 2. The standard InChI is InChI=1S/C14H13F2NO/c1-9(10-3-2-4-12(18)7-10)17-11-5-6-13(15)14(16)8-11/h2-9,17-18H,1H3. The van der Waals surface area contributed by atoms with E-state index in [1.54, 1.807) is 18.2 Å². The van der Waals surface area contributed by atoms with E-state index in [1.807, 2.05) is 13.0 Å². The fourth-order valence-corrected chi connectivity index (χ4v) is 1.71. The van der Waals surface area contributed by atoms with E-state index in [0.717, 1.165) is 17.7 Å². The molecule has 1 unspecified atom stereocenters. The first-order valence-electron chi connectivity index (χ1n) is 5.57. The largest absolute Gasteiger partial charge is 0.508 e. The molecule has 0 fully saturated rings. The third-order valence-electron chi connectivity index (χ3n) is 2.67. The monoisotopic (exact) mass is 249 g/mol. The van der Waals surface area contributed by atoms with E-state index in [0.29, 0.717) is 5.69 Å². The Kier molecular flexibility index (Phi) is 3.46. The zero-order valence-corrected chi connectivity index (χ0v) is 9.82. The molecular formula is C14H13F2NO. The Balaban J connectivity index is 2.16. The number of phenols is 1. The van der Waals surface area contributed by atoms with E-state index >= 15 is 0 Å². The summed E-state index contributed by atoms with van der Waals surface area (Å²) < 4.78 is 25.8. The third kappa shape index (κ3) is 2.77. The normalized spacial score (nSPS) is 12.2. The van der Waals surface area contributed by atoms with Gasteiger partial charge in [-0.1, -0.05) is 12.1 Å². The fraction of sp³-hybridized carbons (Fsp3) is 0.143. The van der Waals surface area contributed by atoms with Crippen LogP contribution in [0.3, 0.4) is 0 Å². The molecule has 0 aliphatic heterocycles. The molecule has 0 saturated carbocycles. The molecule has 4 heteroatoms. The van der Waals surface area contributed by atoms with Gasteiger partial charge in [0.2, 0.25) is 0 Å². The summed E-state index contributed by atoms with van der Waals surface area (Å²) in [4.78, 5) is 0. The number of rotatable bonds is 3. The Bertz CT molecular complexity index is 557. The number of aromatic hydroxyl groups is 1. The van der Waals surface area contributed by atoms with Crippen molar-refractivity contribution in [1.82, 2.24) is 0 Å². The van der Waals surface area contributed by atoms with Crippen molar-refractivity contribution in [2.24, 2.45) is 0 Å². The minimum absolute atomic E-state index is 0.123. The first-order valence-corrected chi connectivity index (χ1v) is 5.57. The molecule has 0 aliphatic rings. The van der Waals surface area contributed by atoms with Crippen LogP contribution >= 0.6 is 0 Å². The van der Waals surface area contributed by atoms with Gasteiger partial charge in [-0.15, -0.1) is 0 Å². The van der Waals surface area contributed by atoms with E-state index in [1.165, 1.54) is 6.07 Å². The lowest BCUT2D eigenvalue weighted by Crippen LogP contribution is -2.06. The molecule has 0 aliphatic carbocycles. The van der Waals surface area contributed by atoms with Gasteiger partial charge >= 0.3 is 0 Å².